The molecular formula is C16H30N2O2. The Labute approximate surface area is 123 Å². The van der Waals surface area contributed by atoms with Crippen LogP contribution in [0.1, 0.15) is 44.9 Å². The molecule has 1 saturated carbocycles. The van der Waals surface area contributed by atoms with Gasteiger partial charge < -0.3 is 14.8 Å². The zero-order valence-corrected chi connectivity index (χ0v) is 12.7. The van der Waals surface area contributed by atoms with Gasteiger partial charge in [0, 0.05) is 37.8 Å². The molecule has 1 N–H and O–H groups in total. The van der Waals surface area contributed by atoms with Gasteiger partial charge in [0.1, 0.15) is 0 Å². The van der Waals surface area contributed by atoms with Crippen LogP contribution < -0.4 is 5.32 Å². The van der Waals surface area contributed by atoms with E-state index in [1.807, 2.05) is 0 Å². The van der Waals surface area contributed by atoms with Crippen LogP contribution in [0.3, 0.4) is 0 Å². The molecule has 2 aliphatic heterocycles. The van der Waals surface area contributed by atoms with Gasteiger partial charge in [0.15, 0.2) is 0 Å². The van der Waals surface area contributed by atoms with Gasteiger partial charge in [-0.25, -0.2) is 0 Å². The fourth-order valence-electron chi connectivity index (χ4n) is 4.09. The molecule has 3 fully saturated rings. The van der Waals surface area contributed by atoms with Crippen LogP contribution in [0.15, 0.2) is 0 Å². The van der Waals surface area contributed by atoms with Crippen molar-refractivity contribution in [2.45, 2.75) is 56.5 Å². The second kappa shape index (κ2) is 7.21. The summed E-state index contributed by atoms with van der Waals surface area (Å²) in [6.45, 7) is 7.04. The summed E-state index contributed by atoms with van der Waals surface area (Å²) in [5, 5.41) is 3.82. The van der Waals surface area contributed by atoms with Gasteiger partial charge in [0.2, 0.25) is 0 Å². The summed E-state index contributed by atoms with van der Waals surface area (Å²) < 4.78 is 11.2. The fourth-order valence-corrected chi connectivity index (χ4v) is 4.09. The first-order valence-corrected chi connectivity index (χ1v) is 8.53. The van der Waals surface area contributed by atoms with Crippen molar-refractivity contribution in [1.29, 1.82) is 0 Å². The van der Waals surface area contributed by atoms with Crippen molar-refractivity contribution in [3.63, 3.8) is 0 Å². The third kappa shape index (κ3) is 3.53. The molecule has 2 saturated heterocycles. The molecule has 0 radical (unpaired) electrons. The van der Waals surface area contributed by atoms with Gasteiger partial charge in [-0.2, -0.15) is 0 Å². The number of hydrogen-bond donors (Lipinski definition) is 1. The van der Waals surface area contributed by atoms with E-state index in [1.165, 1.54) is 44.9 Å². The maximum atomic E-state index is 5.60. The highest BCUT2D eigenvalue weighted by Crippen LogP contribution is 2.34. The highest BCUT2D eigenvalue weighted by molar-refractivity contribution is 4.96. The van der Waals surface area contributed by atoms with E-state index in [-0.39, 0.29) is 0 Å². The van der Waals surface area contributed by atoms with Crippen molar-refractivity contribution in [3.8, 4) is 0 Å². The van der Waals surface area contributed by atoms with Crippen LogP contribution in [0.4, 0.5) is 0 Å². The van der Waals surface area contributed by atoms with Gasteiger partial charge in [-0.3, -0.25) is 4.90 Å². The van der Waals surface area contributed by atoms with E-state index in [4.69, 9.17) is 9.47 Å². The quantitative estimate of drug-likeness (QED) is 0.852. The van der Waals surface area contributed by atoms with Crippen molar-refractivity contribution < 1.29 is 9.47 Å². The van der Waals surface area contributed by atoms with Crippen molar-refractivity contribution in [1.82, 2.24) is 10.2 Å². The number of nitrogens with zero attached hydrogens (tertiary/aromatic N) is 1. The standard InChI is InChI=1S/C16H30N2O2/c1-2-6-16(7-3-1,18-8-11-19-12-9-18)14-17-15-5-4-10-20-13-15/h15,17H,1-14H2/t15-/m1/s1. The zero-order chi connectivity index (χ0) is 13.7. The summed E-state index contributed by atoms with van der Waals surface area (Å²) >= 11 is 0. The molecule has 0 bridgehead atoms. The summed E-state index contributed by atoms with van der Waals surface area (Å²) in [4.78, 5) is 2.71. The van der Waals surface area contributed by atoms with Crippen molar-refractivity contribution in [2.24, 2.45) is 0 Å². The molecule has 4 heteroatoms. The van der Waals surface area contributed by atoms with Gasteiger partial charge in [0.05, 0.1) is 19.8 Å². The second-order valence-corrected chi connectivity index (χ2v) is 6.68. The van der Waals surface area contributed by atoms with E-state index in [0.717, 1.165) is 46.1 Å². The molecule has 1 aliphatic carbocycles. The Bertz CT molecular complexity index is 280. The molecular weight excluding hydrogens is 252 g/mol. The van der Waals surface area contributed by atoms with Gasteiger partial charge >= 0.3 is 0 Å². The average molecular weight is 282 g/mol. The lowest BCUT2D eigenvalue weighted by atomic mass is 9.79. The molecule has 3 aliphatic rings. The number of hydrogen-bond acceptors (Lipinski definition) is 4. The predicted octanol–water partition coefficient (Wildman–Crippen LogP) is 1.79. The van der Waals surface area contributed by atoms with Crippen molar-refractivity contribution in [3.05, 3.63) is 0 Å². The van der Waals surface area contributed by atoms with E-state index in [0.29, 0.717) is 11.6 Å². The number of nitrogens with one attached hydrogen (secondary N) is 1. The molecule has 20 heavy (non-hydrogen) atoms. The molecule has 0 aromatic heterocycles. The molecule has 0 amide bonds. The largest absolute Gasteiger partial charge is 0.380 e. The van der Waals surface area contributed by atoms with Crippen LogP contribution in [0.2, 0.25) is 0 Å². The maximum Gasteiger partial charge on any atom is 0.0619 e. The van der Waals surface area contributed by atoms with Crippen LogP contribution >= 0.6 is 0 Å². The molecule has 0 unspecified atom stereocenters. The lowest BCUT2D eigenvalue weighted by molar-refractivity contribution is -0.0399. The maximum absolute atomic E-state index is 5.60. The molecule has 1 atom stereocenters. The van der Waals surface area contributed by atoms with Gasteiger partial charge in [-0.05, 0) is 25.7 Å². The SMILES string of the molecule is C1CCC(CN[C@@H]2CCCOC2)(N2CCOCC2)CC1. The Hall–Kier alpha value is -0.160. The Kier molecular flexibility index (Phi) is 5.32. The Morgan fingerprint density at radius 2 is 1.75 bits per heavy atom. The minimum atomic E-state index is 0.388. The van der Waals surface area contributed by atoms with Gasteiger partial charge in [-0.15, -0.1) is 0 Å². The third-order valence-corrected chi connectivity index (χ3v) is 5.35. The average Bonchev–Trinajstić information content (AvgIpc) is 2.56. The normalized spacial score (nSPS) is 32.1. The summed E-state index contributed by atoms with van der Waals surface area (Å²) in [5.41, 5.74) is 0.388. The van der Waals surface area contributed by atoms with Crippen molar-refractivity contribution in [2.75, 3.05) is 46.1 Å². The molecule has 0 spiro atoms. The van der Waals surface area contributed by atoms with Crippen LogP contribution in [0.5, 0.6) is 0 Å². The van der Waals surface area contributed by atoms with Crippen LogP contribution in [0.25, 0.3) is 0 Å². The first-order valence-electron chi connectivity index (χ1n) is 8.53. The van der Waals surface area contributed by atoms with E-state index in [1.54, 1.807) is 0 Å². The summed E-state index contributed by atoms with van der Waals surface area (Å²) in [5.74, 6) is 0. The van der Waals surface area contributed by atoms with Crippen molar-refractivity contribution >= 4 is 0 Å². The summed E-state index contributed by atoms with van der Waals surface area (Å²) in [7, 11) is 0. The van der Waals surface area contributed by atoms with Crippen LogP contribution in [-0.2, 0) is 9.47 Å². The summed E-state index contributed by atoms with van der Waals surface area (Å²) in [6, 6.07) is 0.573. The topological polar surface area (TPSA) is 33.7 Å². The number of morpholine rings is 1. The second-order valence-electron chi connectivity index (χ2n) is 6.68. The van der Waals surface area contributed by atoms with Crippen LogP contribution in [-0.4, -0.2) is 62.5 Å². The molecule has 0 aromatic carbocycles. The van der Waals surface area contributed by atoms with Crippen LogP contribution in [0, 0.1) is 0 Å². The molecule has 2 heterocycles. The monoisotopic (exact) mass is 282 g/mol. The van der Waals surface area contributed by atoms with E-state index < -0.39 is 0 Å². The molecule has 4 nitrogen and oxygen atoms in total. The predicted molar refractivity (Wildman–Crippen MR) is 80.1 cm³/mol. The highest BCUT2D eigenvalue weighted by Gasteiger charge is 2.38. The van der Waals surface area contributed by atoms with E-state index >= 15 is 0 Å². The Morgan fingerprint density at radius 3 is 2.45 bits per heavy atom. The first kappa shape index (κ1) is 14.8. The fraction of sp³-hybridized carbons (Fsp3) is 1.00. The Morgan fingerprint density at radius 1 is 0.950 bits per heavy atom. The van der Waals surface area contributed by atoms with E-state index in [9.17, 15) is 0 Å². The first-order chi connectivity index (χ1) is 9.89. The zero-order valence-electron chi connectivity index (χ0n) is 12.7. The summed E-state index contributed by atoms with van der Waals surface area (Å²) in [6.07, 6.45) is 9.39. The number of ether oxygens (including phenoxy) is 2. The minimum absolute atomic E-state index is 0.388. The lowest BCUT2D eigenvalue weighted by Gasteiger charge is -2.49. The molecule has 116 valence electrons. The number of rotatable bonds is 4. The molecule has 0 aromatic rings. The van der Waals surface area contributed by atoms with Gasteiger partial charge in [0.25, 0.3) is 0 Å². The van der Waals surface area contributed by atoms with Gasteiger partial charge in [-0.1, -0.05) is 19.3 Å². The highest BCUT2D eigenvalue weighted by atomic mass is 16.5. The third-order valence-electron chi connectivity index (χ3n) is 5.35. The minimum Gasteiger partial charge on any atom is -0.380 e. The van der Waals surface area contributed by atoms with E-state index in [2.05, 4.69) is 10.2 Å². The molecule has 3 rings (SSSR count). The lowest BCUT2D eigenvalue weighted by Crippen LogP contribution is -2.60. The Balaban J connectivity index is 1.59. The smallest absolute Gasteiger partial charge is 0.0619 e.